The second-order valence-electron chi connectivity index (χ2n) is 9.62. The lowest BCUT2D eigenvalue weighted by molar-refractivity contribution is -0.387. The van der Waals surface area contributed by atoms with Crippen molar-refractivity contribution in [1.82, 2.24) is 0 Å². The van der Waals surface area contributed by atoms with Gasteiger partial charge < -0.3 is 19.3 Å². The van der Waals surface area contributed by atoms with Crippen molar-refractivity contribution in [2.45, 2.75) is 70.4 Å². The number of fused-ring (bicyclic) bond motifs is 1. The van der Waals surface area contributed by atoms with E-state index in [0.29, 0.717) is 18.9 Å². The van der Waals surface area contributed by atoms with Crippen molar-refractivity contribution < 1.29 is 24.1 Å². The minimum atomic E-state index is -0.768. The van der Waals surface area contributed by atoms with E-state index in [1.165, 1.54) is 5.57 Å². The number of rotatable bonds is 2. The van der Waals surface area contributed by atoms with Gasteiger partial charge >= 0.3 is 0 Å². The predicted molar refractivity (Wildman–Crippen MR) is 94.6 cm³/mol. The van der Waals surface area contributed by atoms with Crippen molar-refractivity contribution in [3.8, 4) is 0 Å². The molecule has 144 valence electrons. The molecule has 0 amide bonds. The van der Waals surface area contributed by atoms with Crippen LogP contribution >= 0.6 is 0 Å². The smallest absolute Gasteiger partial charge is 0.174 e. The summed E-state index contributed by atoms with van der Waals surface area (Å²) in [5.41, 5.74) is 0.0425. The summed E-state index contributed by atoms with van der Waals surface area (Å²) in [6.07, 6.45) is 2.34. The summed E-state index contributed by atoms with van der Waals surface area (Å²) < 4.78 is 17.6. The number of ether oxygens (including phenoxy) is 3. The van der Waals surface area contributed by atoms with Crippen LogP contribution in [0.3, 0.4) is 0 Å². The number of Topliss-reactive ketones (excluding diaryl/α,β-unsaturated/α-hetero) is 1. The molecule has 3 saturated carbocycles. The molecule has 0 radical (unpaired) electrons. The highest BCUT2D eigenvalue weighted by molar-refractivity contribution is 5.96. The Balaban J connectivity index is 1.82. The van der Waals surface area contributed by atoms with Gasteiger partial charge in [-0.25, -0.2) is 0 Å². The summed E-state index contributed by atoms with van der Waals surface area (Å²) >= 11 is 0. The number of allylic oxidation sites excluding steroid dienone is 1. The maximum absolute atomic E-state index is 13.9. The van der Waals surface area contributed by atoms with Gasteiger partial charge in [-0.1, -0.05) is 12.5 Å². The van der Waals surface area contributed by atoms with Gasteiger partial charge in [0.15, 0.2) is 5.78 Å². The first-order valence-corrected chi connectivity index (χ1v) is 9.87. The van der Waals surface area contributed by atoms with E-state index in [4.69, 9.17) is 14.2 Å². The second kappa shape index (κ2) is 4.80. The number of methoxy groups -OCH3 is 2. The molecule has 1 saturated heterocycles. The fourth-order valence-electron chi connectivity index (χ4n) is 8.08. The van der Waals surface area contributed by atoms with Crippen molar-refractivity contribution in [3.63, 3.8) is 0 Å². The summed E-state index contributed by atoms with van der Waals surface area (Å²) in [4.78, 5) is 13.9. The maximum Gasteiger partial charge on any atom is 0.174 e. The van der Waals surface area contributed by atoms with Crippen molar-refractivity contribution >= 4 is 5.78 Å². The molecule has 1 spiro atoms. The fourth-order valence-corrected chi connectivity index (χ4v) is 8.08. The topological polar surface area (TPSA) is 65.0 Å². The molecule has 4 fully saturated rings. The first-order valence-electron chi connectivity index (χ1n) is 9.87. The molecule has 1 N–H and O–H groups in total. The third-order valence-electron chi connectivity index (χ3n) is 9.43. The van der Waals surface area contributed by atoms with E-state index in [1.807, 2.05) is 0 Å². The molecule has 5 nitrogen and oxygen atoms in total. The molecule has 0 aromatic heterocycles. The lowest BCUT2D eigenvalue weighted by Gasteiger charge is -2.83. The molecule has 4 aliphatic carbocycles. The Morgan fingerprint density at radius 2 is 1.96 bits per heavy atom. The number of ketones is 1. The molecular weight excluding hydrogens is 332 g/mol. The number of aliphatic hydroxyl groups is 1. The van der Waals surface area contributed by atoms with Crippen molar-refractivity contribution in [1.29, 1.82) is 0 Å². The molecule has 5 aliphatic rings. The van der Waals surface area contributed by atoms with Gasteiger partial charge in [-0.05, 0) is 38.7 Å². The fraction of sp³-hybridized carbons (Fsp3) is 0.857. The molecule has 4 unspecified atom stereocenters. The Morgan fingerprint density at radius 3 is 2.54 bits per heavy atom. The number of hydrogen-bond donors (Lipinski definition) is 1. The van der Waals surface area contributed by atoms with Gasteiger partial charge in [-0.3, -0.25) is 4.79 Å². The Morgan fingerprint density at radius 1 is 1.23 bits per heavy atom. The van der Waals surface area contributed by atoms with Gasteiger partial charge in [0, 0.05) is 37.4 Å². The summed E-state index contributed by atoms with van der Waals surface area (Å²) in [6, 6.07) is 0. The van der Waals surface area contributed by atoms with Crippen LogP contribution in [0.15, 0.2) is 11.1 Å². The van der Waals surface area contributed by atoms with Crippen LogP contribution in [0, 0.1) is 22.2 Å². The highest BCUT2D eigenvalue weighted by atomic mass is 16.5. The van der Waals surface area contributed by atoms with E-state index < -0.39 is 22.5 Å². The third-order valence-corrected chi connectivity index (χ3v) is 9.43. The lowest BCUT2D eigenvalue weighted by atomic mass is 9.22. The minimum Gasteiger partial charge on any atom is -0.389 e. The Kier molecular flexibility index (Phi) is 3.21. The molecule has 0 aromatic rings. The van der Waals surface area contributed by atoms with E-state index in [-0.39, 0.29) is 23.4 Å². The summed E-state index contributed by atoms with van der Waals surface area (Å²) in [7, 11) is 3.32. The predicted octanol–water partition coefficient (Wildman–Crippen LogP) is 2.26. The molecule has 5 rings (SSSR count). The van der Waals surface area contributed by atoms with Gasteiger partial charge in [0.25, 0.3) is 0 Å². The summed E-state index contributed by atoms with van der Waals surface area (Å²) in [5.74, 6) is 0.430. The van der Waals surface area contributed by atoms with Crippen molar-refractivity contribution in [2.24, 2.45) is 22.2 Å². The van der Waals surface area contributed by atoms with E-state index in [0.717, 1.165) is 24.8 Å². The lowest BCUT2D eigenvalue weighted by Crippen LogP contribution is -2.88. The van der Waals surface area contributed by atoms with E-state index in [1.54, 1.807) is 14.2 Å². The van der Waals surface area contributed by atoms with Crippen molar-refractivity contribution in [2.75, 3.05) is 20.8 Å². The maximum atomic E-state index is 13.9. The largest absolute Gasteiger partial charge is 0.389 e. The summed E-state index contributed by atoms with van der Waals surface area (Å²) in [5, 5.41) is 11.7. The first kappa shape index (κ1) is 17.4. The van der Waals surface area contributed by atoms with E-state index in [2.05, 4.69) is 20.8 Å². The van der Waals surface area contributed by atoms with Crippen LogP contribution in [0.2, 0.25) is 0 Å². The SMILES string of the molecule is CO[C@H]1C(=O)[C@]2(C)[C@@H](OC)CC3OCC3C23C[C@]2(O)CCC(C)=C1C32C. The van der Waals surface area contributed by atoms with Crippen LogP contribution < -0.4 is 0 Å². The number of carbonyl (C=O) groups excluding carboxylic acids is 1. The van der Waals surface area contributed by atoms with Crippen molar-refractivity contribution in [3.05, 3.63) is 11.1 Å². The minimum absolute atomic E-state index is 0.129. The van der Waals surface area contributed by atoms with Gasteiger partial charge in [-0.2, -0.15) is 0 Å². The van der Waals surface area contributed by atoms with Gasteiger partial charge in [0.05, 0.1) is 29.8 Å². The molecular formula is C21H30O5. The monoisotopic (exact) mass is 362 g/mol. The Hall–Kier alpha value is -0.750. The molecule has 1 heterocycles. The van der Waals surface area contributed by atoms with Gasteiger partial charge in [0.1, 0.15) is 6.10 Å². The molecule has 26 heavy (non-hydrogen) atoms. The van der Waals surface area contributed by atoms with Crippen LogP contribution in [0.5, 0.6) is 0 Å². The van der Waals surface area contributed by atoms with E-state index in [9.17, 15) is 9.90 Å². The normalized spacial score (nSPS) is 57.5. The van der Waals surface area contributed by atoms with Crippen LogP contribution in [0.4, 0.5) is 0 Å². The molecule has 0 aromatic carbocycles. The standard InChI is InChI=1S/C21H30O5/c1-11-6-7-20(23)10-21-12-9-26-13(12)8-14(24-4)18(21,2)17(22)16(25-5)15(11)19(20,21)3/h12-14,16,23H,6-10H2,1-5H3/t12?,13?,14-,16+,18-,19?,20+,21?/m0/s1. The highest BCUT2D eigenvalue weighted by Crippen LogP contribution is 2.84. The third kappa shape index (κ3) is 1.38. The van der Waals surface area contributed by atoms with Gasteiger partial charge in [0.2, 0.25) is 0 Å². The molecule has 5 heteroatoms. The quantitative estimate of drug-likeness (QED) is 0.764. The van der Waals surface area contributed by atoms with Crippen LogP contribution in [-0.2, 0) is 19.0 Å². The Bertz CT molecular complexity index is 730. The molecule has 0 bridgehead atoms. The number of carbonyl (C=O) groups is 1. The van der Waals surface area contributed by atoms with Crippen LogP contribution in [0.1, 0.15) is 46.5 Å². The zero-order valence-corrected chi connectivity index (χ0v) is 16.4. The highest BCUT2D eigenvalue weighted by Gasteiger charge is 2.88. The zero-order valence-electron chi connectivity index (χ0n) is 16.4. The van der Waals surface area contributed by atoms with Crippen LogP contribution in [-0.4, -0.2) is 55.6 Å². The zero-order chi connectivity index (χ0) is 18.7. The van der Waals surface area contributed by atoms with Gasteiger partial charge in [-0.15, -0.1) is 0 Å². The second-order valence-corrected chi connectivity index (χ2v) is 9.62. The van der Waals surface area contributed by atoms with Crippen LogP contribution in [0.25, 0.3) is 0 Å². The number of hydrogen-bond acceptors (Lipinski definition) is 5. The molecule has 8 atom stereocenters. The summed E-state index contributed by atoms with van der Waals surface area (Å²) in [6.45, 7) is 7.06. The average molecular weight is 362 g/mol. The van der Waals surface area contributed by atoms with E-state index >= 15 is 0 Å². The average Bonchev–Trinajstić information content (AvgIpc) is 2.58. The Labute approximate surface area is 155 Å². The molecule has 1 aliphatic heterocycles. The first-order chi connectivity index (χ1) is 12.2.